The molecule has 1 N–H and O–H groups in total. The molecule has 1 aromatic rings. The summed E-state index contributed by atoms with van der Waals surface area (Å²) in [5.74, 6) is 1.49. The molecule has 1 saturated carbocycles. The zero-order chi connectivity index (χ0) is 11.7. The molecule has 88 valence electrons. The summed E-state index contributed by atoms with van der Waals surface area (Å²) < 4.78 is 5.32. The van der Waals surface area contributed by atoms with Gasteiger partial charge in [-0.05, 0) is 61.8 Å². The molecule has 2 unspecified atom stereocenters. The normalized spacial score (nSPS) is 24.8. The van der Waals surface area contributed by atoms with Crippen molar-refractivity contribution in [2.45, 2.75) is 45.1 Å². The molecule has 0 bridgehead atoms. The lowest BCUT2D eigenvalue weighted by Crippen LogP contribution is -2.02. The molecule has 0 amide bonds. The third-order valence-corrected chi connectivity index (χ3v) is 3.63. The minimum atomic E-state index is -0.105. The molecule has 2 atom stereocenters. The van der Waals surface area contributed by atoms with E-state index in [0.29, 0.717) is 5.92 Å². The van der Waals surface area contributed by atoms with Gasteiger partial charge in [-0.25, -0.2) is 0 Å². The van der Waals surface area contributed by atoms with Crippen LogP contribution >= 0.6 is 0 Å². The molecule has 1 fully saturated rings. The lowest BCUT2D eigenvalue weighted by molar-refractivity contribution is 0.181. The number of methoxy groups -OCH3 is 1. The second-order valence-electron chi connectivity index (χ2n) is 4.84. The highest BCUT2D eigenvalue weighted by atomic mass is 16.5. The van der Waals surface area contributed by atoms with Crippen LogP contribution in [0.15, 0.2) is 12.1 Å². The molecule has 0 radical (unpaired) electrons. The van der Waals surface area contributed by atoms with E-state index in [1.54, 1.807) is 7.11 Å². The smallest absolute Gasteiger partial charge is 0.122 e. The second kappa shape index (κ2) is 4.46. The number of aryl methyl sites for hydroxylation is 2. The molecule has 2 nitrogen and oxygen atoms in total. The van der Waals surface area contributed by atoms with Crippen LogP contribution in [0.25, 0.3) is 0 Å². The van der Waals surface area contributed by atoms with Crippen molar-refractivity contribution < 1.29 is 9.84 Å². The molecule has 0 saturated heterocycles. The highest BCUT2D eigenvalue weighted by Gasteiger charge is 2.25. The van der Waals surface area contributed by atoms with Crippen LogP contribution in [0.1, 0.15) is 41.9 Å². The number of benzene rings is 1. The first-order valence-electron chi connectivity index (χ1n) is 5.95. The Morgan fingerprint density at radius 3 is 2.50 bits per heavy atom. The molecule has 2 heteroatoms. The minimum Gasteiger partial charge on any atom is -0.496 e. The van der Waals surface area contributed by atoms with E-state index < -0.39 is 0 Å². The summed E-state index contributed by atoms with van der Waals surface area (Å²) in [6, 6.07) is 4.33. The first-order chi connectivity index (χ1) is 7.61. The summed E-state index contributed by atoms with van der Waals surface area (Å²) in [5.41, 5.74) is 3.85. The number of rotatable bonds is 2. The van der Waals surface area contributed by atoms with Crippen LogP contribution in [0.3, 0.4) is 0 Å². The van der Waals surface area contributed by atoms with Gasteiger partial charge >= 0.3 is 0 Å². The first kappa shape index (κ1) is 11.5. The van der Waals surface area contributed by atoms with E-state index in [4.69, 9.17) is 4.74 Å². The van der Waals surface area contributed by atoms with Crippen LogP contribution in [0, 0.1) is 13.8 Å². The fourth-order valence-electron chi connectivity index (χ4n) is 2.71. The molecule has 1 aromatic carbocycles. The average Bonchev–Trinajstić information content (AvgIpc) is 2.67. The zero-order valence-corrected chi connectivity index (χ0v) is 10.3. The van der Waals surface area contributed by atoms with E-state index in [2.05, 4.69) is 26.0 Å². The molecule has 0 aromatic heterocycles. The molecule has 16 heavy (non-hydrogen) atoms. The highest BCUT2D eigenvalue weighted by molar-refractivity contribution is 5.43. The SMILES string of the molecule is COc1cc(C)c(C2CCC(O)C2)cc1C. The van der Waals surface area contributed by atoms with Gasteiger partial charge in [0.05, 0.1) is 13.2 Å². The van der Waals surface area contributed by atoms with Crippen LogP contribution in [0.5, 0.6) is 5.75 Å². The molecule has 1 aliphatic carbocycles. The van der Waals surface area contributed by atoms with Crippen LogP contribution in [0.4, 0.5) is 0 Å². The van der Waals surface area contributed by atoms with Crippen LogP contribution in [0.2, 0.25) is 0 Å². The van der Waals surface area contributed by atoms with Crippen molar-refractivity contribution in [2.75, 3.05) is 7.11 Å². The summed E-state index contributed by atoms with van der Waals surface area (Å²) in [6.07, 6.45) is 2.85. The maximum Gasteiger partial charge on any atom is 0.122 e. The van der Waals surface area contributed by atoms with Crippen molar-refractivity contribution >= 4 is 0 Å². The topological polar surface area (TPSA) is 29.5 Å². The Hall–Kier alpha value is -1.02. The van der Waals surface area contributed by atoms with E-state index in [0.717, 1.165) is 25.0 Å². The number of hydrogen-bond acceptors (Lipinski definition) is 2. The highest BCUT2D eigenvalue weighted by Crippen LogP contribution is 2.37. The number of ether oxygens (including phenoxy) is 1. The number of hydrogen-bond donors (Lipinski definition) is 1. The Labute approximate surface area is 97.3 Å². The Balaban J connectivity index is 2.31. The summed E-state index contributed by atoms with van der Waals surface area (Å²) in [7, 11) is 1.71. The largest absolute Gasteiger partial charge is 0.496 e. The van der Waals surface area contributed by atoms with E-state index in [1.807, 2.05) is 0 Å². The summed E-state index contributed by atoms with van der Waals surface area (Å²) in [6.45, 7) is 4.20. The standard InChI is InChI=1S/C14H20O2/c1-9-7-14(16-3)10(2)6-13(9)11-4-5-12(15)8-11/h6-7,11-12,15H,4-5,8H2,1-3H3. The van der Waals surface area contributed by atoms with E-state index in [-0.39, 0.29) is 6.10 Å². The molecular weight excluding hydrogens is 200 g/mol. The van der Waals surface area contributed by atoms with Crippen molar-refractivity contribution in [3.63, 3.8) is 0 Å². The van der Waals surface area contributed by atoms with E-state index >= 15 is 0 Å². The quantitative estimate of drug-likeness (QED) is 0.830. The van der Waals surface area contributed by atoms with Crippen molar-refractivity contribution in [1.82, 2.24) is 0 Å². The molecule has 0 aliphatic heterocycles. The summed E-state index contributed by atoms with van der Waals surface area (Å²) in [4.78, 5) is 0. The summed E-state index contributed by atoms with van der Waals surface area (Å²) >= 11 is 0. The second-order valence-corrected chi connectivity index (χ2v) is 4.84. The van der Waals surface area contributed by atoms with Crippen molar-refractivity contribution in [3.8, 4) is 5.75 Å². The van der Waals surface area contributed by atoms with Crippen LogP contribution < -0.4 is 4.74 Å². The van der Waals surface area contributed by atoms with Crippen molar-refractivity contribution in [1.29, 1.82) is 0 Å². The van der Waals surface area contributed by atoms with Gasteiger partial charge in [-0.15, -0.1) is 0 Å². The maximum absolute atomic E-state index is 9.60. The van der Waals surface area contributed by atoms with E-state index in [9.17, 15) is 5.11 Å². The zero-order valence-electron chi connectivity index (χ0n) is 10.3. The van der Waals surface area contributed by atoms with Gasteiger partial charge in [0.25, 0.3) is 0 Å². The lowest BCUT2D eigenvalue weighted by Gasteiger charge is -2.16. The third-order valence-electron chi connectivity index (χ3n) is 3.63. The minimum absolute atomic E-state index is 0.105. The monoisotopic (exact) mass is 220 g/mol. The average molecular weight is 220 g/mol. The van der Waals surface area contributed by atoms with Gasteiger partial charge < -0.3 is 9.84 Å². The fraction of sp³-hybridized carbons (Fsp3) is 0.571. The fourth-order valence-corrected chi connectivity index (χ4v) is 2.71. The Kier molecular flexibility index (Phi) is 3.20. The van der Waals surface area contributed by atoms with Gasteiger partial charge in [0.15, 0.2) is 0 Å². The van der Waals surface area contributed by atoms with Gasteiger partial charge in [0.1, 0.15) is 5.75 Å². The first-order valence-corrected chi connectivity index (χ1v) is 5.95. The molecule has 1 aliphatic rings. The van der Waals surface area contributed by atoms with E-state index in [1.165, 1.54) is 16.7 Å². The predicted molar refractivity (Wildman–Crippen MR) is 65.1 cm³/mol. The molecular formula is C14H20O2. The van der Waals surface area contributed by atoms with Crippen LogP contribution in [-0.2, 0) is 0 Å². The predicted octanol–water partition coefficient (Wildman–Crippen LogP) is 2.94. The molecule has 0 spiro atoms. The van der Waals surface area contributed by atoms with Gasteiger partial charge in [0, 0.05) is 0 Å². The third kappa shape index (κ3) is 2.07. The Morgan fingerprint density at radius 1 is 1.19 bits per heavy atom. The van der Waals surface area contributed by atoms with Gasteiger partial charge in [-0.2, -0.15) is 0 Å². The number of aliphatic hydroxyl groups excluding tert-OH is 1. The molecule has 2 rings (SSSR count). The maximum atomic E-state index is 9.60. The van der Waals surface area contributed by atoms with Gasteiger partial charge in [-0.3, -0.25) is 0 Å². The van der Waals surface area contributed by atoms with Gasteiger partial charge in [0.2, 0.25) is 0 Å². The Bertz CT molecular complexity index is 385. The molecule has 0 heterocycles. The van der Waals surface area contributed by atoms with Crippen molar-refractivity contribution in [2.24, 2.45) is 0 Å². The lowest BCUT2D eigenvalue weighted by atomic mass is 9.91. The van der Waals surface area contributed by atoms with Crippen molar-refractivity contribution in [3.05, 3.63) is 28.8 Å². The summed E-state index contributed by atoms with van der Waals surface area (Å²) in [5, 5.41) is 9.60. The Morgan fingerprint density at radius 2 is 1.94 bits per heavy atom. The van der Waals surface area contributed by atoms with Crippen LogP contribution in [-0.4, -0.2) is 18.3 Å². The number of aliphatic hydroxyl groups is 1. The van der Waals surface area contributed by atoms with Gasteiger partial charge in [-0.1, -0.05) is 6.07 Å².